The van der Waals surface area contributed by atoms with Gasteiger partial charge in [-0.3, -0.25) is 0 Å². The molecule has 2 heterocycles. The van der Waals surface area contributed by atoms with E-state index in [2.05, 4.69) is 21.0 Å². The minimum atomic E-state index is -0.459. The van der Waals surface area contributed by atoms with Gasteiger partial charge in [0.05, 0.1) is 22.9 Å². The molecule has 1 spiro atoms. The van der Waals surface area contributed by atoms with Crippen LogP contribution in [0.2, 0.25) is 0 Å². The Morgan fingerprint density at radius 2 is 2.39 bits per heavy atom. The van der Waals surface area contributed by atoms with Crippen LogP contribution in [-0.4, -0.2) is 26.9 Å². The van der Waals surface area contributed by atoms with Crippen molar-refractivity contribution in [2.24, 2.45) is 0 Å². The summed E-state index contributed by atoms with van der Waals surface area (Å²) in [6, 6.07) is 0.212. The molecule has 0 bridgehead atoms. The Balaban J connectivity index is 1.81. The van der Waals surface area contributed by atoms with Gasteiger partial charge in [0.25, 0.3) is 0 Å². The minimum Gasteiger partial charge on any atom is -0.375 e. The Kier molecular flexibility index (Phi) is 2.90. The number of aromatic nitrogens is 2. The molecule has 0 N–H and O–H groups in total. The molecule has 1 unspecified atom stereocenters. The van der Waals surface area contributed by atoms with Gasteiger partial charge in [-0.25, -0.2) is 0 Å². The molecule has 1 aromatic heterocycles. The molecule has 1 aromatic rings. The van der Waals surface area contributed by atoms with Crippen molar-refractivity contribution < 1.29 is 9.66 Å². The van der Waals surface area contributed by atoms with E-state index in [9.17, 15) is 10.1 Å². The van der Waals surface area contributed by atoms with Gasteiger partial charge in [0.1, 0.15) is 4.47 Å². The normalized spacial score (nSPS) is 25.9. The second-order valence-electron chi connectivity index (χ2n) is 5.07. The van der Waals surface area contributed by atoms with Gasteiger partial charge in [0.2, 0.25) is 0 Å². The molecule has 6 nitrogen and oxygen atoms in total. The smallest absolute Gasteiger partial charge is 0.375 e. The molecule has 0 aromatic carbocycles. The first kappa shape index (κ1) is 12.1. The summed E-state index contributed by atoms with van der Waals surface area (Å²) in [6.07, 6.45) is 6.92. The first-order chi connectivity index (χ1) is 8.60. The van der Waals surface area contributed by atoms with Crippen LogP contribution in [0, 0.1) is 10.1 Å². The molecule has 1 saturated carbocycles. The van der Waals surface area contributed by atoms with Crippen molar-refractivity contribution in [1.82, 2.24) is 9.78 Å². The standard InChI is InChI=1S/C11H14BrN3O3/c12-9-7-14(13-10(9)15(16)17)8-2-5-18-11(6-8)3-1-4-11/h7-8H,1-6H2. The van der Waals surface area contributed by atoms with Crippen molar-refractivity contribution in [3.05, 3.63) is 20.8 Å². The predicted octanol–water partition coefficient (Wildman–Crippen LogP) is 2.83. The number of ether oxygens (including phenoxy) is 1. The zero-order chi connectivity index (χ0) is 12.8. The lowest BCUT2D eigenvalue weighted by molar-refractivity contribution is -0.390. The molecule has 7 heteroatoms. The van der Waals surface area contributed by atoms with E-state index in [0.717, 1.165) is 32.3 Å². The van der Waals surface area contributed by atoms with Crippen LogP contribution in [0.1, 0.15) is 38.1 Å². The van der Waals surface area contributed by atoms with Crippen molar-refractivity contribution in [2.75, 3.05) is 6.61 Å². The van der Waals surface area contributed by atoms with E-state index in [0.29, 0.717) is 4.47 Å². The van der Waals surface area contributed by atoms with Crippen molar-refractivity contribution in [2.45, 2.75) is 43.7 Å². The fourth-order valence-corrected chi connectivity index (χ4v) is 3.25. The Bertz CT molecular complexity index is 484. The van der Waals surface area contributed by atoms with E-state index in [1.807, 2.05) is 0 Å². The summed E-state index contributed by atoms with van der Waals surface area (Å²) in [5.41, 5.74) is 0.0239. The van der Waals surface area contributed by atoms with Crippen LogP contribution < -0.4 is 0 Å². The summed E-state index contributed by atoms with van der Waals surface area (Å²) in [5, 5.41) is 14.9. The maximum absolute atomic E-state index is 10.8. The number of halogens is 1. The predicted molar refractivity (Wildman–Crippen MR) is 67.4 cm³/mol. The molecule has 1 aliphatic carbocycles. The number of rotatable bonds is 2. The highest BCUT2D eigenvalue weighted by Gasteiger charge is 2.44. The monoisotopic (exact) mass is 315 g/mol. The topological polar surface area (TPSA) is 70.2 Å². The molecule has 1 atom stereocenters. The molecule has 0 radical (unpaired) electrons. The third-order valence-corrected chi connectivity index (χ3v) is 4.51. The quantitative estimate of drug-likeness (QED) is 0.621. The molecule has 3 rings (SSSR count). The number of nitro groups is 1. The summed E-state index contributed by atoms with van der Waals surface area (Å²) < 4.78 is 8.02. The van der Waals surface area contributed by atoms with Gasteiger partial charge in [-0.2, -0.15) is 4.68 Å². The van der Waals surface area contributed by atoms with Gasteiger partial charge in [0.15, 0.2) is 0 Å². The van der Waals surface area contributed by atoms with Gasteiger partial charge in [-0.05, 0) is 46.5 Å². The Morgan fingerprint density at radius 3 is 2.94 bits per heavy atom. The average Bonchev–Trinajstić information content (AvgIpc) is 2.70. The summed E-state index contributed by atoms with van der Waals surface area (Å²) in [4.78, 5) is 10.3. The van der Waals surface area contributed by atoms with Gasteiger partial charge in [0, 0.05) is 13.0 Å². The first-order valence-electron chi connectivity index (χ1n) is 6.13. The Morgan fingerprint density at radius 1 is 1.61 bits per heavy atom. The highest BCUT2D eigenvalue weighted by molar-refractivity contribution is 9.10. The first-order valence-corrected chi connectivity index (χ1v) is 6.92. The van der Waals surface area contributed by atoms with E-state index in [1.165, 1.54) is 6.42 Å². The van der Waals surface area contributed by atoms with Crippen molar-refractivity contribution >= 4 is 21.7 Å². The fraction of sp³-hybridized carbons (Fsp3) is 0.727. The lowest BCUT2D eigenvalue weighted by Gasteiger charge is -2.46. The third-order valence-electron chi connectivity index (χ3n) is 3.95. The Hall–Kier alpha value is -0.950. The number of hydrogen-bond acceptors (Lipinski definition) is 4. The van der Waals surface area contributed by atoms with Crippen LogP contribution in [-0.2, 0) is 4.74 Å². The van der Waals surface area contributed by atoms with E-state index >= 15 is 0 Å². The molecular weight excluding hydrogens is 302 g/mol. The molecule has 2 fully saturated rings. The van der Waals surface area contributed by atoms with Gasteiger partial charge in [-0.15, -0.1) is 0 Å². The van der Waals surface area contributed by atoms with Crippen LogP contribution in [0.3, 0.4) is 0 Å². The maximum atomic E-state index is 10.8. The second kappa shape index (κ2) is 4.31. The third kappa shape index (κ3) is 1.95. The molecule has 1 aliphatic heterocycles. The molecule has 2 aliphatic rings. The maximum Gasteiger partial charge on any atom is 0.404 e. The molecule has 1 saturated heterocycles. The van der Waals surface area contributed by atoms with Crippen molar-refractivity contribution in [1.29, 1.82) is 0 Å². The van der Waals surface area contributed by atoms with E-state index in [-0.39, 0.29) is 17.5 Å². The highest BCUT2D eigenvalue weighted by atomic mass is 79.9. The lowest BCUT2D eigenvalue weighted by Crippen LogP contribution is -2.46. The second-order valence-corrected chi connectivity index (χ2v) is 5.92. The minimum absolute atomic E-state index is 0.0239. The molecule has 18 heavy (non-hydrogen) atoms. The van der Waals surface area contributed by atoms with Gasteiger partial charge < -0.3 is 14.9 Å². The van der Waals surface area contributed by atoms with E-state index in [4.69, 9.17) is 4.74 Å². The van der Waals surface area contributed by atoms with E-state index < -0.39 is 4.92 Å². The highest BCUT2D eigenvalue weighted by Crippen LogP contribution is 2.45. The van der Waals surface area contributed by atoms with Crippen LogP contribution >= 0.6 is 15.9 Å². The van der Waals surface area contributed by atoms with Crippen molar-refractivity contribution in [3.63, 3.8) is 0 Å². The molecular formula is C11H14BrN3O3. The Labute approximate surface area is 113 Å². The van der Waals surface area contributed by atoms with Crippen LogP contribution in [0.4, 0.5) is 5.82 Å². The zero-order valence-corrected chi connectivity index (χ0v) is 11.4. The van der Waals surface area contributed by atoms with Crippen LogP contribution in [0.5, 0.6) is 0 Å². The number of nitrogens with zero attached hydrogens (tertiary/aromatic N) is 3. The summed E-state index contributed by atoms with van der Waals surface area (Å²) in [5.74, 6) is -0.107. The lowest BCUT2D eigenvalue weighted by atomic mass is 9.74. The number of hydrogen-bond donors (Lipinski definition) is 0. The summed E-state index contributed by atoms with van der Waals surface area (Å²) in [6.45, 7) is 0.718. The summed E-state index contributed by atoms with van der Waals surface area (Å²) in [7, 11) is 0. The van der Waals surface area contributed by atoms with Crippen molar-refractivity contribution in [3.8, 4) is 0 Å². The summed E-state index contributed by atoms with van der Waals surface area (Å²) >= 11 is 3.19. The SMILES string of the molecule is O=[N+]([O-])c1nn(C2CCOC3(CCC3)C2)cc1Br. The fourth-order valence-electron chi connectivity index (χ4n) is 2.82. The van der Waals surface area contributed by atoms with Gasteiger partial charge in [-0.1, -0.05) is 0 Å². The average molecular weight is 316 g/mol. The van der Waals surface area contributed by atoms with Crippen LogP contribution in [0.15, 0.2) is 10.7 Å². The largest absolute Gasteiger partial charge is 0.404 e. The van der Waals surface area contributed by atoms with E-state index in [1.54, 1.807) is 10.9 Å². The molecule has 0 amide bonds. The van der Waals surface area contributed by atoms with Crippen LogP contribution in [0.25, 0.3) is 0 Å². The zero-order valence-electron chi connectivity index (χ0n) is 9.84. The van der Waals surface area contributed by atoms with Gasteiger partial charge >= 0.3 is 5.82 Å². The molecule has 98 valence electrons.